The van der Waals surface area contributed by atoms with Crippen LogP contribution in [0.25, 0.3) is 33.5 Å². The minimum atomic E-state index is -3.36. The molecule has 2 aliphatic heterocycles. The molecule has 21 rings (SSSR count). The number of thiazole rings is 13. The summed E-state index contributed by atoms with van der Waals surface area (Å²) in [6.45, 7) is 29.8. The molecule has 0 atom stereocenters. The quantitative estimate of drug-likeness (QED) is 0.0346. The molecule has 0 aliphatic carbocycles. The largest absolute Gasteiger partial charge is 2.00 e. The van der Waals surface area contributed by atoms with E-state index >= 15 is 0 Å². The molecule has 0 amide bonds. The second kappa shape index (κ2) is 60.8. The summed E-state index contributed by atoms with van der Waals surface area (Å²) in [6.07, 6.45) is 35.0. The van der Waals surface area contributed by atoms with Gasteiger partial charge >= 0.3 is 57.1 Å². The number of oxazole rings is 1. The maximum absolute atomic E-state index is 12.2. The summed E-state index contributed by atoms with van der Waals surface area (Å²) >= 11 is 21.9. The molecule has 19 aromatic rings. The Morgan fingerprint density at radius 1 is 0.438 bits per heavy atom. The van der Waals surface area contributed by atoms with E-state index < -0.39 is 9.84 Å². The van der Waals surface area contributed by atoms with Gasteiger partial charge in [-0.15, -0.1) is 68.0 Å². The summed E-state index contributed by atoms with van der Waals surface area (Å²) in [5.74, 6) is 2.55. The van der Waals surface area contributed by atoms with Crippen molar-refractivity contribution < 1.29 is 77.9 Å². The Hall–Kier alpha value is -10.2. The molecule has 0 saturated heterocycles. The van der Waals surface area contributed by atoms with Crippen molar-refractivity contribution in [2.75, 3.05) is 36.0 Å². The van der Waals surface area contributed by atoms with E-state index in [4.69, 9.17) is 9.15 Å². The molecular weight excluding hydrogens is 2250 g/mol. The molecule has 2 aliphatic rings. The van der Waals surface area contributed by atoms with Gasteiger partial charge in [0.05, 0.1) is 27.4 Å². The van der Waals surface area contributed by atoms with Crippen LogP contribution in [0.15, 0.2) is 345 Å². The molecule has 0 unspecified atom stereocenters. The third kappa shape index (κ3) is 37.3. The van der Waals surface area contributed by atoms with E-state index in [1.54, 1.807) is 124 Å². The summed E-state index contributed by atoms with van der Waals surface area (Å²) in [5, 5.41) is 30.0. The van der Waals surface area contributed by atoms with Gasteiger partial charge in [-0.1, -0.05) is 182 Å². The second-order valence-electron chi connectivity index (χ2n) is 31.8. The molecular formula is C99H103Cu3N23O4S15+2. The van der Waals surface area contributed by atoms with Crippen LogP contribution in [0.1, 0.15) is 113 Å². The number of sulfone groups is 1. The van der Waals surface area contributed by atoms with Gasteiger partial charge in [0, 0.05) is 130 Å². The average molecular weight is 2350 g/mol. The van der Waals surface area contributed by atoms with Gasteiger partial charge in [-0.05, 0) is 172 Å². The molecule has 0 bridgehead atoms. The maximum Gasteiger partial charge on any atom is 2.00 e. The Labute approximate surface area is 924 Å². The maximum atomic E-state index is 12.2. The number of benzene rings is 5. The standard InChI is InChI=1S/C27H35N2S2.C21H23N2O2.C15H21NO2S.6C6H4N3S2.3Cu/c1-26(2,3)15-17-28-20-11-7-9-13-22(20)30-24(28)19-25-29(18-16-27(4,5)6)21-12-8-10-14-23(21)31-25;1-3-13-22-16-9-5-7-11-18(16)24-20(22)15-21-23(14-4-2)17-10-6-8-12-19(17)25-21;1-4-16(5-2)13-9-10-14(3)19(17,18)15-11-7-6-8-12-15;6*1-3-10-5(7-1)9-6-8-2-4-11-6;;;/h7-14,19H,15-18H2,1-6H3;5-12,15H,3-4,13-14H2,1-2H3;6-13H,4-5H2,1-3H3;6*1-4H;;;/q2*+1;;6*-1;3*+2/b;;13-9+,14-10-;;;;;;;;;. The van der Waals surface area contributed by atoms with Crippen LogP contribution >= 0.6 is 159 Å². The number of hydrogen-bond donors (Lipinski definition) is 0. The Bertz CT molecular complexity index is 6890. The molecule has 45 heteroatoms. The predicted octanol–water partition coefficient (Wildman–Crippen LogP) is 24.3. The van der Waals surface area contributed by atoms with Crippen LogP contribution in [-0.2, 0) is 74.1 Å². The van der Waals surface area contributed by atoms with E-state index in [1.165, 1.54) is 167 Å². The number of ether oxygens (including phenoxy) is 1. The van der Waals surface area contributed by atoms with Gasteiger partial charge in [-0.25, -0.2) is 38.3 Å². The van der Waals surface area contributed by atoms with Gasteiger partial charge in [-0.2, -0.15) is 77.2 Å². The topological polar surface area (TPSA) is 310 Å². The Kier molecular flexibility index (Phi) is 48.9. The van der Waals surface area contributed by atoms with Crippen molar-refractivity contribution in [2.45, 2.75) is 125 Å². The van der Waals surface area contributed by atoms with E-state index in [0.717, 1.165) is 159 Å². The Balaban J connectivity index is 0.000000171. The first kappa shape index (κ1) is 116. The smallest absolute Gasteiger partial charge is 0.438 e. The molecule has 5 aromatic carbocycles. The summed E-state index contributed by atoms with van der Waals surface area (Å²) in [4.78, 5) is 86.7. The molecule has 0 saturated carbocycles. The molecule has 759 valence electrons. The summed E-state index contributed by atoms with van der Waals surface area (Å²) in [5.41, 5.74) is 6.48. The number of aryl methyl sites for hydroxylation is 2. The fourth-order valence-electron chi connectivity index (χ4n) is 12.5. The van der Waals surface area contributed by atoms with Crippen LogP contribution in [-0.4, -0.2) is 69.4 Å². The van der Waals surface area contributed by atoms with Crippen LogP contribution in [0, 0.1) is 10.8 Å². The van der Waals surface area contributed by atoms with Crippen LogP contribution < -0.4 is 82.4 Å². The van der Waals surface area contributed by atoms with Crippen molar-refractivity contribution in [2.24, 2.45) is 40.8 Å². The van der Waals surface area contributed by atoms with Crippen LogP contribution in [0.5, 0.6) is 5.75 Å². The third-order valence-corrected chi connectivity index (χ3v) is 31.3. The van der Waals surface area contributed by atoms with Crippen LogP contribution in [0.3, 0.4) is 0 Å². The number of aromatic nitrogens is 14. The number of thioether (sulfide) groups is 1. The van der Waals surface area contributed by atoms with Gasteiger partial charge in [0.1, 0.15) is 41.6 Å². The minimum absolute atomic E-state index is 0. The molecule has 0 spiro atoms. The molecule has 0 fully saturated rings. The second-order valence-corrected chi connectivity index (χ2v) is 46.5. The normalized spacial score (nSPS) is 13.3. The molecule has 3 radical (unpaired) electrons. The SMILES string of the molecule is CC(C)(C)CCN1/C(=C/c2sc3ccccc3[n+]2CCC(C)(C)C)Sc2ccccc21.CCCN1/C(=C/c2oc3ccccc3[n+]2CCC)Oc2ccccc21.CCN(/C=C/C=C(/C)S(=O)(=O)c1ccccc1)CC.[Cu+2].[Cu+2].[Cu+2].c1csc(N=c2[n-]ccs2)n1.c1csc(N=c2[n-]ccs2)n1.c1csc(N=c2[n-]ccs2)n1.c1csc(N=c2[n-]ccs2)n1.c1csc(N=c2[n-]ccs2)n1.c1csc(N=c2[n-]ccs2)n1. The van der Waals surface area contributed by atoms with Crippen LogP contribution in [0.4, 0.5) is 42.2 Å². The average Bonchev–Trinajstić information content (AvgIpc) is 1.63. The molecule has 144 heavy (non-hydrogen) atoms. The van der Waals surface area contributed by atoms with Gasteiger partial charge in [0.2, 0.25) is 26.8 Å². The monoisotopic (exact) mass is 2350 g/mol. The first-order valence-corrected chi connectivity index (χ1v) is 58.1. The minimum Gasteiger partial charge on any atom is -0.438 e. The summed E-state index contributed by atoms with van der Waals surface area (Å²) < 4.78 is 42.8. The van der Waals surface area contributed by atoms with Crippen molar-refractivity contribution >= 4 is 245 Å². The number of allylic oxidation sites excluding steroid dienone is 3. The van der Waals surface area contributed by atoms with Crippen molar-refractivity contribution in [1.82, 2.24) is 64.7 Å². The number of nitrogens with zero attached hydrogens (tertiary/aromatic N) is 23. The van der Waals surface area contributed by atoms with Gasteiger partial charge in [0.25, 0.3) is 10.5 Å². The van der Waals surface area contributed by atoms with Gasteiger partial charge in [-0.3, -0.25) is 0 Å². The fraction of sp³-hybridized carbons (Fsp3) is 0.232. The Morgan fingerprint density at radius 2 is 0.847 bits per heavy atom. The van der Waals surface area contributed by atoms with E-state index in [1.807, 2.05) is 136 Å². The fourth-order valence-corrected chi connectivity index (χ4v) is 22.3. The zero-order valence-electron chi connectivity index (χ0n) is 79.9. The molecule has 14 aromatic heterocycles. The zero-order valence-corrected chi connectivity index (χ0v) is 95.0. The van der Waals surface area contributed by atoms with E-state index in [9.17, 15) is 8.42 Å². The third-order valence-electron chi connectivity index (χ3n) is 19.2. The van der Waals surface area contributed by atoms with Crippen molar-refractivity contribution in [3.8, 4) is 5.75 Å². The number of hydrogen-bond acceptors (Lipinski definition) is 33. The van der Waals surface area contributed by atoms with E-state index in [0.29, 0.717) is 20.6 Å². The first-order valence-electron chi connectivity index (χ1n) is 44.4. The van der Waals surface area contributed by atoms with Crippen molar-refractivity contribution in [3.05, 3.63) is 340 Å². The van der Waals surface area contributed by atoms with Crippen molar-refractivity contribution in [1.29, 1.82) is 0 Å². The zero-order chi connectivity index (χ0) is 98.9. The number of fused-ring (bicyclic) bond motifs is 4. The molecule has 0 N–H and O–H groups in total. The van der Waals surface area contributed by atoms with E-state index in [2.05, 4.69) is 250 Å². The Morgan fingerprint density at radius 3 is 1.26 bits per heavy atom. The van der Waals surface area contributed by atoms with E-state index in [-0.39, 0.29) is 51.2 Å². The van der Waals surface area contributed by atoms with Gasteiger partial charge < -0.3 is 83.7 Å². The predicted molar refractivity (Wildman–Crippen MR) is 586 cm³/mol. The summed E-state index contributed by atoms with van der Waals surface area (Å²) in [7, 11) is -3.36. The molecule has 16 heterocycles. The number of para-hydroxylation sites is 6. The van der Waals surface area contributed by atoms with Crippen LogP contribution in [0.2, 0.25) is 0 Å². The number of rotatable bonds is 22. The summed E-state index contributed by atoms with van der Waals surface area (Å²) in [6, 6.07) is 42.5. The van der Waals surface area contributed by atoms with Gasteiger partial charge in [0.15, 0.2) is 18.8 Å². The number of anilines is 2. The molecule has 27 nitrogen and oxygen atoms in total. The first-order chi connectivity index (χ1) is 68.6. The van der Waals surface area contributed by atoms with Crippen molar-refractivity contribution in [3.63, 3.8) is 0 Å².